The third-order valence-corrected chi connectivity index (χ3v) is 18.3. The molecule has 3 aliphatic heterocycles. The van der Waals surface area contributed by atoms with Crippen molar-refractivity contribution in [3.05, 3.63) is 70.8 Å². The Labute approximate surface area is 467 Å². The SMILES string of the molecule is CCC[C@H](NC(=O)[C@@H]1[C@H]2CCC[C@H]2CN1C(=O)[C@@H](NC(=O)[C@@H](NC(=O)c1cnc(C2CCCC(Cc3cc4c5c(cccc5c3)C(=O)N(C3CCC(=O)NC3=O)C4=O)CC2)cn1)C1CCCCC1)C(C)(C)C)C(=O)C(=O)NC1CC1. The van der Waals surface area contributed by atoms with Crippen LogP contribution in [0.5, 0.6) is 0 Å². The van der Waals surface area contributed by atoms with Crippen LogP contribution in [0.15, 0.2) is 42.7 Å². The Morgan fingerprint density at radius 2 is 1.54 bits per heavy atom. The number of hydrogen-bond acceptors (Lipinski definition) is 12. The number of nitrogens with zero attached hydrogens (tertiary/aromatic N) is 4. The predicted octanol–water partition coefficient (Wildman–Crippen LogP) is 5.91. The molecule has 7 aliphatic rings. The van der Waals surface area contributed by atoms with E-state index in [1.54, 1.807) is 23.2 Å². The number of imide groups is 2. The number of nitrogens with one attached hydrogen (secondary N) is 5. The van der Waals surface area contributed by atoms with Crippen LogP contribution in [-0.2, 0) is 40.0 Å². The van der Waals surface area contributed by atoms with E-state index in [-0.39, 0.29) is 60.6 Å². The fourth-order valence-corrected chi connectivity index (χ4v) is 13.8. The van der Waals surface area contributed by atoms with Crippen molar-refractivity contribution in [1.82, 2.24) is 46.4 Å². The van der Waals surface area contributed by atoms with Gasteiger partial charge in [-0.2, -0.15) is 0 Å². The lowest BCUT2D eigenvalue weighted by Crippen LogP contribution is -2.62. The monoisotopic (exact) mass is 1100 g/mol. The quantitative estimate of drug-likeness (QED) is 0.0601. The molecule has 0 bridgehead atoms. The smallest absolute Gasteiger partial charge is 0.289 e. The third kappa shape index (κ3) is 11.9. The highest BCUT2D eigenvalue weighted by Crippen LogP contribution is 2.44. The van der Waals surface area contributed by atoms with Crippen LogP contribution < -0.4 is 26.6 Å². The van der Waals surface area contributed by atoms with Gasteiger partial charge in [-0.05, 0) is 129 Å². The summed E-state index contributed by atoms with van der Waals surface area (Å²) >= 11 is 0. The van der Waals surface area contributed by atoms with E-state index < -0.39 is 94.6 Å². The molecule has 9 amide bonds. The van der Waals surface area contributed by atoms with E-state index in [1.807, 2.05) is 45.9 Å². The second kappa shape index (κ2) is 23.7. The first-order valence-corrected chi connectivity index (χ1v) is 29.5. The maximum absolute atomic E-state index is 15.0. The molecule has 1 aromatic heterocycles. The summed E-state index contributed by atoms with van der Waals surface area (Å²) in [5, 5.41) is 15.3. The fraction of sp³-hybridized carbons (Fsp3) is 0.607. The number of carbonyl (C=O) groups excluding carboxylic acids is 10. The van der Waals surface area contributed by atoms with Gasteiger partial charge in [0.15, 0.2) is 0 Å². The molecule has 10 rings (SSSR count). The predicted molar refractivity (Wildman–Crippen MR) is 294 cm³/mol. The minimum Gasteiger partial charge on any atom is -0.347 e. The summed E-state index contributed by atoms with van der Waals surface area (Å²) < 4.78 is 0. The molecule has 3 unspecified atom stereocenters. The van der Waals surface area contributed by atoms with Crippen LogP contribution in [-0.4, -0.2) is 122 Å². The van der Waals surface area contributed by atoms with Crippen molar-refractivity contribution in [2.45, 2.75) is 198 Å². The second-order valence-corrected chi connectivity index (χ2v) is 25.0. The molecule has 19 nitrogen and oxygen atoms in total. The summed E-state index contributed by atoms with van der Waals surface area (Å²) in [6.07, 6.45) is 17.5. The molecule has 0 spiro atoms. The maximum Gasteiger partial charge on any atom is 0.289 e. The number of benzene rings is 2. The minimum absolute atomic E-state index is 0.0192. The number of Topliss-reactive ketones (excluding diaryl/α,β-unsaturated/α-hetero) is 1. The van der Waals surface area contributed by atoms with Crippen LogP contribution in [0.25, 0.3) is 10.8 Å². The molecule has 0 radical (unpaired) electrons. The van der Waals surface area contributed by atoms with Crippen molar-refractivity contribution in [3.8, 4) is 0 Å². The van der Waals surface area contributed by atoms with Crippen molar-refractivity contribution in [3.63, 3.8) is 0 Å². The molecule has 3 aromatic rings. The molecular formula is C61H77N9O10. The van der Waals surface area contributed by atoms with E-state index in [2.05, 4.69) is 31.6 Å². The Morgan fingerprint density at radius 1 is 0.775 bits per heavy atom. The Kier molecular flexibility index (Phi) is 16.7. The van der Waals surface area contributed by atoms with Crippen molar-refractivity contribution in [2.75, 3.05) is 6.54 Å². The molecule has 426 valence electrons. The second-order valence-electron chi connectivity index (χ2n) is 25.0. The first kappa shape index (κ1) is 56.4. The molecule has 4 saturated carbocycles. The topological polar surface area (TPSA) is 263 Å². The summed E-state index contributed by atoms with van der Waals surface area (Å²) in [7, 11) is 0. The number of amides is 9. The van der Waals surface area contributed by atoms with Gasteiger partial charge in [0.1, 0.15) is 29.9 Å². The lowest BCUT2D eigenvalue weighted by Gasteiger charge is -2.38. The molecule has 2 saturated heterocycles. The Balaban J connectivity index is 0.792. The van der Waals surface area contributed by atoms with E-state index in [4.69, 9.17) is 4.98 Å². The van der Waals surface area contributed by atoms with Gasteiger partial charge in [-0.3, -0.25) is 63.1 Å². The number of piperidine rings is 1. The van der Waals surface area contributed by atoms with Crippen LogP contribution in [0.1, 0.15) is 198 Å². The minimum atomic E-state index is -1.07. The number of aromatic nitrogens is 2. The molecule has 5 N–H and O–H groups in total. The number of rotatable bonds is 17. The van der Waals surface area contributed by atoms with E-state index in [9.17, 15) is 43.2 Å². The highest BCUT2D eigenvalue weighted by atomic mass is 16.2. The van der Waals surface area contributed by atoms with Gasteiger partial charge in [-0.15, -0.1) is 0 Å². The standard InChI is InChI=1S/C61H77N9O10/c1-5-12-43(51(72)57(77)64-39-23-24-39)65-56(76)50-40-19-11-18-38(40)32-69(50)60(80)52(61(2,3)4)68-55(75)49(36-14-7-6-8-15-36)67-53(73)45-31-62-44(30-63-45)35-16-9-13-33(21-22-35)27-34-28-37-17-10-20-41-48(37)42(29-34)59(79)70(58(41)78)46-25-26-47(71)66-54(46)74/h10,17,20,28-31,33,35-36,38-40,43,46,49-50,52H,5-9,11-16,18-19,21-27,32H2,1-4H3,(H,64,77)(H,65,76)(H,67,73)(H,68,75)(H,66,71,74)/t33?,35?,38-,40-,43-,46?,49-,50-,52+/m0/s1. The number of ketones is 1. The first-order chi connectivity index (χ1) is 38.4. The summed E-state index contributed by atoms with van der Waals surface area (Å²) in [5.74, 6) is -5.36. The largest absolute Gasteiger partial charge is 0.347 e. The van der Waals surface area contributed by atoms with Crippen LogP contribution in [0.4, 0.5) is 0 Å². The van der Waals surface area contributed by atoms with Crippen LogP contribution in [0.2, 0.25) is 0 Å². The summed E-state index contributed by atoms with van der Waals surface area (Å²) in [6, 6.07) is 4.20. The van der Waals surface area contributed by atoms with Crippen molar-refractivity contribution < 1.29 is 47.9 Å². The summed E-state index contributed by atoms with van der Waals surface area (Å²) in [6.45, 7) is 7.79. The van der Waals surface area contributed by atoms with Crippen molar-refractivity contribution in [2.24, 2.45) is 29.1 Å². The first-order valence-electron chi connectivity index (χ1n) is 29.5. The Morgan fingerprint density at radius 3 is 2.25 bits per heavy atom. The maximum atomic E-state index is 15.0. The Hall–Kier alpha value is -6.92. The zero-order valence-corrected chi connectivity index (χ0v) is 46.6. The lowest BCUT2D eigenvalue weighted by molar-refractivity contribution is -0.146. The van der Waals surface area contributed by atoms with E-state index >= 15 is 4.79 Å². The van der Waals surface area contributed by atoms with Gasteiger partial charge >= 0.3 is 0 Å². The Bertz CT molecular complexity index is 2960. The number of fused-ring (bicyclic) bond motifs is 1. The van der Waals surface area contributed by atoms with Crippen LogP contribution in [0, 0.1) is 29.1 Å². The molecule has 4 aliphatic carbocycles. The number of hydrogen-bond donors (Lipinski definition) is 5. The lowest BCUT2D eigenvalue weighted by atomic mass is 9.82. The van der Waals surface area contributed by atoms with Gasteiger partial charge in [-0.25, -0.2) is 4.98 Å². The molecule has 19 heteroatoms. The normalized spacial score (nSPS) is 25.4. The zero-order chi connectivity index (χ0) is 56.6. The van der Waals surface area contributed by atoms with Crippen molar-refractivity contribution >= 4 is 69.7 Å². The average molecular weight is 1100 g/mol. The third-order valence-electron chi connectivity index (χ3n) is 18.3. The van der Waals surface area contributed by atoms with Crippen LogP contribution >= 0.6 is 0 Å². The highest BCUT2D eigenvalue weighted by Gasteiger charge is 2.53. The highest BCUT2D eigenvalue weighted by molar-refractivity contribution is 6.38. The van der Waals surface area contributed by atoms with Gasteiger partial charge in [0, 0.05) is 47.6 Å². The number of carbonyl (C=O) groups is 10. The van der Waals surface area contributed by atoms with Gasteiger partial charge < -0.3 is 26.2 Å². The fourth-order valence-electron chi connectivity index (χ4n) is 13.8. The number of likely N-dealkylation sites (tertiary alicyclic amines) is 1. The van der Waals surface area contributed by atoms with Gasteiger partial charge in [0.05, 0.1) is 17.9 Å². The molecule has 2 aromatic carbocycles. The zero-order valence-electron chi connectivity index (χ0n) is 46.6. The van der Waals surface area contributed by atoms with E-state index in [1.165, 1.54) is 6.20 Å². The molecule has 80 heavy (non-hydrogen) atoms. The molecule has 4 heterocycles. The van der Waals surface area contributed by atoms with Crippen LogP contribution in [0.3, 0.4) is 0 Å². The average Bonchev–Trinajstić information content (AvgIpc) is 4.22. The van der Waals surface area contributed by atoms with Gasteiger partial charge in [-0.1, -0.05) is 90.8 Å². The summed E-state index contributed by atoms with van der Waals surface area (Å²) in [5.41, 5.74) is 1.71. The molecule has 9 atom stereocenters. The van der Waals surface area contributed by atoms with E-state index in [0.717, 1.165) is 105 Å². The molecule has 6 fully saturated rings. The molecular weight excluding hydrogens is 1020 g/mol. The summed E-state index contributed by atoms with van der Waals surface area (Å²) in [4.78, 5) is 149. The van der Waals surface area contributed by atoms with Gasteiger partial charge in [0.2, 0.25) is 35.3 Å². The van der Waals surface area contributed by atoms with Crippen molar-refractivity contribution in [1.29, 1.82) is 0 Å². The van der Waals surface area contributed by atoms with Gasteiger partial charge in [0.25, 0.3) is 23.6 Å². The van der Waals surface area contributed by atoms with E-state index in [0.29, 0.717) is 48.7 Å².